The van der Waals surface area contributed by atoms with Gasteiger partial charge < -0.3 is 10.1 Å². The Balaban J connectivity index is 1.79. The fraction of sp³-hybridized carbons (Fsp3) is 0.286. The molecule has 0 fully saturated rings. The summed E-state index contributed by atoms with van der Waals surface area (Å²) in [6, 6.07) is 12.4. The molecule has 0 aliphatic rings. The molecule has 140 valence electrons. The first kappa shape index (κ1) is 18.6. The Hall–Kier alpha value is -3.15. The molecule has 0 aliphatic heterocycles. The van der Waals surface area contributed by atoms with Crippen molar-refractivity contribution in [1.29, 1.82) is 0 Å². The third kappa shape index (κ3) is 4.53. The van der Waals surface area contributed by atoms with Gasteiger partial charge in [-0.1, -0.05) is 32.0 Å². The standard InChI is InChI=1S/C21H23N3O3/c1-14(2)11-19(25)23-17-8-4-5-9-18(17)27-13-16-12-20(26)24-10-6-7-15(3)21(24)22-16/h4-10,12,14H,11,13H2,1-3H3,(H,23,25). The zero-order valence-corrected chi connectivity index (χ0v) is 15.7. The Bertz CT molecular complexity index is 1020. The molecular weight excluding hydrogens is 342 g/mol. The van der Waals surface area contributed by atoms with Gasteiger partial charge in [0.15, 0.2) is 0 Å². The van der Waals surface area contributed by atoms with Crippen LogP contribution in [0.5, 0.6) is 5.75 Å². The van der Waals surface area contributed by atoms with Crippen LogP contribution in [0.2, 0.25) is 0 Å². The summed E-state index contributed by atoms with van der Waals surface area (Å²) < 4.78 is 7.36. The second-order valence-electron chi connectivity index (χ2n) is 6.90. The van der Waals surface area contributed by atoms with Crippen LogP contribution in [0.1, 0.15) is 31.5 Å². The van der Waals surface area contributed by atoms with E-state index < -0.39 is 0 Å². The van der Waals surface area contributed by atoms with Gasteiger partial charge in [0.1, 0.15) is 18.0 Å². The van der Waals surface area contributed by atoms with Crippen molar-refractivity contribution >= 4 is 17.2 Å². The maximum atomic E-state index is 12.3. The fourth-order valence-electron chi connectivity index (χ4n) is 2.80. The number of carbonyl (C=O) groups is 1. The topological polar surface area (TPSA) is 72.7 Å². The molecule has 2 heterocycles. The number of nitrogens with zero attached hydrogens (tertiary/aromatic N) is 2. The Morgan fingerprint density at radius 2 is 2.00 bits per heavy atom. The minimum absolute atomic E-state index is 0.0567. The molecule has 0 atom stereocenters. The predicted molar refractivity (Wildman–Crippen MR) is 105 cm³/mol. The monoisotopic (exact) mass is 365 g/mol. The lowest BCUT2D eigenvalue weighted by molar-refractivity contribution is -0.116. The van der Waals surface area contributed by atoms with Crippen molar-refractivity contribution in [2.75, 3.05) is 5.32 Å². The molecule has 6 heteroatoms. The van der Waals surface area contributed by atoms with Gasteiger partial charge in [-0.25, -0.2) is 4.98 Å². The molecule has 0 saturated heterocycles. The van der Waals surface area contributed by atoms with E-state index in [2.05, 4.69) is 10.3 Å². The first-order chi connectivity index (χ1) is 12.9. The lowest BCUT2D eigenvalue weighted by Crippen LogP contribution is -2.17. The number of aryl methyl sites for hydroxylation is 1. The number of nitrogens with one attached hydrogen (secondary N) is 1. The van der Waals surface area contributed by atoms with E-state index in [-0.39, 0.29) is 24.0 Å². The zero-order valence-electron chi connectivity index (χ0n) is 15.7. The summed E-state index contributed by atoms with van der Waals surface area (Å²) in [5.74, 6) is 0.760. The lowest BCUT2D eigenvalue weighted by atomic mass is 10.1. The molecular formula is C21H23N3O3. The molecule has 27 heavy (non-hydrogen) atoms. The van der Waals surface area contributed by atoms with Crippen LogP contribution in [0.15, 0.2) is 53.5 Å². The Morgan fingerprint density at radius 3 is 2.78 bits per heavy atom. The highest BCUT2D eigenvalue weighted by molar-refractivity contribution is 5.92. The molecule has 2 aromatic heterocycles. The first-order valence-corrected chi connectivity index (χ1v) is 8.93. The molecule has 0 spiro atoms. The number of para-hydroxylation sites is 2. The SMILES string of the molecule is Cc1cccn2c(=O)cc(COc3ccccc3NC(=O)CC(C)C)nc12. The summed E-state index contributed by atoms with van der Waals surface area (Å²) in [4.78, 5) is 28.9. The quantitative estimate of drug-likeness (QED) is 0.725. The molecule has 3 aromatic rings. The minimum Gasteiger partial charge on any atom is -0.485 e. The number of benzene rings is 1. The summed E-state index contributed by atoms with van der Waals surface area (Å²) in [5.41, 5.74) is 2.52. The number of ether oxygens (including phenoxy) is 1. The summed E-state index contributed by atoms with van der Waals surface area (Å²) in [6.45, 7) is 6.03. The number of rotatable bonds is 6. The predicted octanol–water partition coefficient (Wildman–Crippen LogP) is 3.57. The average molecular weight is 365 g/mol. The van der Waals surface area contributed by atoms with Crippen LogP contribution in [0.25, 0.3) is 5.65 Å². The van der Waals surface area contributed by atoms with Gasteiger partial charge in [0.05, 0.1) is 11.4 Å². The van der Waals surface area contributed by atoms with Crippen molar-refractivity contribution < 1.29 is 9.53 Å². The third-order valence-electron chi connectivity index (χ3n) is 4.07. The highest BCUT2D eigenvalue weighted by atomic mass is 16.5. The fourth-order valence-corrected chi connectivity index (χ4v) is 2.80. The molecule has 0 aliphatic carbocycles. The maximum Gasteiger partial charge on any atom is 0.258 e. The summed E-state index contributed by atoms with van der Waals surface area (Å²) >= 11 is 0. The highest BCUT2D eigenvalue weighted by Crippen LogP contribution is 2.25. The van der Waals surface area contributed by atoms with Crippen molar-refractivity contribution in [3.05, 3.63) is 70.3 Å². The van der Waals surface area contributed by atoms with Crippen LogP contribution < -0.4 is 15.6 Å². The van der Waals surface area contributed by atoms with Crippen LogP contribution in [0.4, 0.5) is 5.69 Å². The number of hydrogen-bond donors (Lipinski definition) is 1. The second-order valence-corrected chi connectivity index (χ2v) is 6.90. The van der Waals surface area contributed by atoms with Gasteiger partial charge in [0.2, 0.25) is 5.91 Å². The zero-order chi connectivity index (χ0) is 19.4. The van der Waals surface area contributed by atoms with Crippen LogP contribution in [0.3, 0.4) is 0 Å². The molecule has 0 unspecified atom stereocenters. The van der Waals surface area contributed by atoms with E-state index in [4.69, 9.17) is 4.74 Å². The summed E-state index contributed by atoms with van der Waals surface area (Å²) in [6.07, 6.45) is 2.14. The molecule has 0 saturated carbocycles. The molecule has 0 bridgehead atoms. The van der Waals surface area contributed by atoms with Crippen LogP contribution in [-0.4, -0.2) is 15.3 Å². The van der Waals surface area contributed by atoms with Crippen LogP contribution in [-0.2, 0) is 11.4 Å². The van der Waals surface area contributed by atoms with Crippen LogP contribution in [0, 0.1) is 12.8 Å². The van der Waals surface area contributed by atoms with Crippen molar-refractivity contribution in [3.8, 4) is 5.75 Å². The minimum atomic E-state index is -0.152. The molecule has 1 amide bonds. The number of carbonyl (C=O) groups excluding carboxylic acids is 1. The molecule has 3 rings (SSSR count). The second kappa shape index (κ2) is 8.03. The Labute approximate surface area is 157 Å². The summed E-state index contributed by atoms with van der Waals surface area (Å²) in [7, 11) is 0. The maximum absolute atomic E-state index is 12.3. The largest absolute Gasteiger partial charge is 0.485 e. The van der Waals surface area contributed by atoms with Gasteiger partial charge in [0.25, 0.3) is 5.56 Å². The van der Waals surface area contributed by atoms with E-state index in [1.54, 1.807) is 18.3 Å². The first-order valence-electron chi connectivity index (χ1n) is 8.93. The van der Waals surface area contributed by atoms with Gasteiger partial charge in [-0.3, -0.25) is 14.0 Å². The van der Waals surface area contributed by atoms with E-state index in [0.29, 0.717) is 29.2 Å². The number of pyridine rings is 1. The molecule has 0 radical (unpaired) electrons. The number of aromatic nitrogens is 2. The van der Waals surface area contributed by atoms with Crippen molar-refractivity contribution in [1.82, 2.24) is 9.38 Å². The van der Waals surface area contributed by atoms with E-state index in [1.165, 1.54) is 10.5 Å². The normalized spacial score (nSPS) is 11.0. The van der Waals surface area contributed by atoms with Gasteiger partial charge in [-0.2, -0.15) is 0 Å². The Morgan fingerprint density at radius 1 is 1.22 bits per heavy atom. The molecule has 6 nitrogen and oxygen atoms in total. The van der Waals surface area contributed by atoms with Gasteiger partial charge >= 0.3 is 0 Å². The van der Waals surface area contributed by atoms with E-state index in [9.17, 15) is 9.59 Å². The van der Waals surface area contributed by atoms with E-state index in [0.717, 1.165) is 5.56 Å². The Kier molecular flexibility index (Phi) is 5.54. The van der Waals surface area contributed by atoms with E-state index >= 15 is 0 Å². The third-order valence-corrected chi connectivity index (χ3v) is 4.07. The van der Waals surface area contributed by atoms with Crippen molar-refractivity contribution in [3.63, 3.8) is 0 Å². The highest BCUT2D eigenvalue weighted by Gasteiger charge is 2.10. The average Bonchev–Trinajstić information content (AvgIpc) is 2.61. The van der Waals surface area contributed by atoms with Gasteiger partial charge in [-0.15, -0.1) is 0 Å². The lowest BCUT2D eigenvalue weighted by Gasteiger charge is -2.13. The number of anilines is 1. The molecule has 1 N–H and O–H groups in total. The van der Waals surface area contributed by atoms with Crippen molar-refractivity contribution in [2.24, 2.45) is 5.92 Å². The summed E-state index contributed by atoms with van der Waals surface area (Å²) in [5, 5.41) is 2.88. The number of fused-ring (bicyclic) bond motifs is 1. The number of amides is 1. The van der Waals surface area contributed by atoms with Crippen LogP contribution >= 0.6 is 0 Å². The smallest absolute Gasteiger partial charge is 0.258 e. The van der Waals surface area contributed by atoms with E-state index in [1.807, 2.05) is 45.0 Å². The number of hydrogen-bond acceptors (Lipinski definition) is 4. The van der Waals surface area contributed by atoms with Crippen molar-refractivity contribution in [2.45, 2.75) is 33.8 Å². The van der Waals surface area contributed by atoms with Gasteiger partial charge in [0, 0.05) is 18.7 Å². The van der Waals surface area contributed by atoms with Gasteiger partial charge in [-0.05, 0) is 36.6 Å². The molecule has 1 aromatic carbocycles.